The maximum absolute atomic E-state index is 11.0. The van der Waals surface area contributed by atoms with E-state index in [1.165, 1.54) is 0 Å². The van der Waals surface area contributed by atoms with E-state index in [-0.39, 0.29) is 18.2 Å². The summed E-state index contributed by atoms with van der Waals surface area (Å²) >= 11 is 0. The quantitative estimate of drug-likeness (QED) is 0.437. The first-order valence-corrected chi connectivity index (χ1v) is 4.16. The van der Waals surface area contributed by atoms with Gasteiger partial charge in [0.2, 0.25) is 0 Å². The van der Waals surface area contributed by atoms with Gasteiger partial charge in [0.1, 0.15) is 6.29 Å². The van der Waals surface area contributed by atoms with Crippen LogP contribution >= 0.6 is 0 Å². The third-order valence-corrected chi connectivity index (χ3v) is 1.65. The number of ketones is 1. The van der Waals surface area contributed by atoms with Gasteiger partial charge in [0, 0.05) is 12.5 Å². The molecule has 0 heterocycles. The monoisotopic (exact) mass is 199 g/mol. The summed E-state index contributed by atoms with van der Waals surface area (Å²) in [6, 6.07) is -0.350. The topological polar surface area (TPSA) is 83.5 Å². The van der Waals surface area contributed by atoms with Gasteiger partial charge in [0.15, 0.2) is 5.78 Å². The number of aliphatic carboxylic acids is 1. The molecule has 1 unspecified atom stereocenters. The summed E-state index contributed by atoms with van der Waals surface area (Å²) in [7, 11) is 1.62. The van der Waals surface area contributed by atoms with E-state index in [1.54, 1.807) is 7.05 Å². The molecule has 2 N–H and O–H groups in total. The molecule has 0 radical (unpaired) electrons. The van der Waals surface area contributed by atoms with Gasteiger partial charge in [-0.2, -0.15) is 0 Å². The third kappa shape index (κ3) is 6.07. The lowest BCUT2D eigenvalue weighted by Gasteiger charge is -2.05. The second kappa shape index (κ2) is 6.97. The highest BCUT2D eigenvalue weighted by Crippen LogP contribution is 1.96. The van der Waals surface area contributed by atoms with E-state index < -0.39 is 5.97 Å². The molecule has 0 aliphatic rings. The minimum absolute atomic E-state index is 0.161. The van der Waals surface area contributed by atoms with Gasteiger partial charge in [0.25, 0.3) is 0 Å². The maximum atomic E-state index is 11.0. The zero-order chi connectivity index (χ0) is 11.0. The van der Waals surface area contributed by atoms with Gasteiger partial charge >= 0.3 is 5.97 Å². The standard InChI is InChI=1S/C9H13NO4/c1-10-7(6-11)2-3-8(12)4-5-9(13)14/h4-7,10H,2-3H2,1H3,(H,13,14)/b5-4+. The van der Waals surface area contributed by atoms with Crippen molar-refractivity contribution in [3.8, 4) is 0 Å². The Balaban J connectivity index is 3.84. The Morgan fingerprint density at radius 3 is 2.50 bits per heavy atom. The molecule has 0 aromatic carbocycles. The summed E-state index contributed by atoms with van der Waals surface area (Å²) in [6.07, 6.45) is 3.04. The number of carboxylic acids is 1. The molecule has 0 bridgehead atoms. The Bertz CT molecular complexity index is 247. The van der Waals surface area contributed by atoms with Gasteiger partial charge in [-0.05, 0) is 19.5 Å². The Labute approximate surface area is 81.8 Å². The molecule has 0 spiro atoms. The van der Waals surface area contributed by atoms with Crippen LogP contribution in [0, 0.1) is 0 Å². The van der Waals surface area contributed by atoms with Crippen LogP contribution in [-0.4, -0.2) is 36.2 Å². The van der Waals surface area contributed by atoms with E-state index in [4.69, 9.17) is 5.11 Å². The summed E-state index contributed by atoms with van der Waals surface area (Å²) in [5.41, 5.74) is 0. The molecule has 0 aromatic rings. The summed E-state index contributed by atoms with van der Waals surface area (Å²) in [5.74, 6) is -1.45. The lowest BCUT2D eigenvalue weighted by Crippen LogP contribution is -2.27. The van der Waals surface area contributed by atoms with E-state index in [0.29, 0.717) is 12.7 Å². The summed E-state index contributed by atoms with van der Waals surface area (Å²) in [6.45, 7) is 0. The number of likely N-dealkylation sites (N-methyl/N-ethyl adjacent to an activating group) is 1. The second-order valence-electron chi connectivity index (χ2n) is 2.71. The van der Waals surface area contributed by atoms with Crippen molar-refractivity contribution in [3.63, 3.8) is 0 Å². The predicted molar refractivity (Wildman–Crippen MR) is 49.9 cm³/mol. The SMILES string of the molecule is CNC(C=O)CCC(=O)/C=C/C(=O)O. The van der Waals surface area contributed by atoms with Gasteiger partial charge in [0.05, 0.1) is 6.04 Å². The molecule has 1 atom stereocenters. The van der Waals surface area contributed by atoms with Crippen molar-refractivity contribution < 1.29 is 19.5 Å². The number of carbonyl (C=O) groups is 3. The molecule has 0 rings (SSSR count). The molecule has 0 aromatic heterocycles. The number of rotatable bonds is 7. The first-order valence-electron chi connectivity index (χ1n) is 4.16. The number of carboxylic acid groups (broad SMARTS) is 1. The number of aldehydes is 1. The van der Waals surface area contributed by atoms with E-state index >= 15 is 0 Å². The maximum Gasteiger partial charge on any atom is 0.328 e. The van der Waals surface area contributed by atoms with Crippen molar-refractivity contribution in [1.29, 1.82) is 0 Å². The van der Waals surface area contributed by atoms with Crippen LogP contribution in [0.25, 0.3) is 0 Å². The van der Waals surface area contributed by atoms with E-state index in [1.807, 2.05) is 0 Å². The molecule has 14 heavy (non-hydrogen) atoms. The van der Waals surface area contributed by atoms with Crippen molar-refractivity contribution >= 4 is 18.0 Å². The summed E-state index contributed by atoms with van der Waals surface area (Å²) < 4.78 is 0. The lowest BCUT2D eigenvalue weighted by atomic mass is 10.1. The normalized spacial score (nSPS) is 12.6. The van der Waals surface area contributed by atoms with E-state index in [9.17, 15) is 14.4 Å². The highest BCUT2D eigenvalue weighted by atomic mass is 16.4. The highest BCUT2D eigenvalue weighted by Gasteiger charge is 2.06. The summed E-state index contributed by atoms with van der Waals surface area (Å²) in [5, 5.41) is 10.9. The van der Waals surface area contributed by atoms with E-state index in [0.717, 1.165) is 12.2 Å². The number of carbonyl (C=O) groups excluding carboxylic acids is 2. The van der Waals surface area contributed by atoms with Crippen LogP contribution < -0.4 is 5.32 Å². The minimum Gasteiger partial charge on any atom is -0.478 e. The van der Waals surface area contributed by atoms with Gasteiger partial charge in [-0.25, -0.2) is 4.79 Å². The number of allylic oxidation sites excluding steroid dienone is 1. The fourth-order valence-corrected chi connectivity index (χ4v) is 0.826. The average molecular weight is 199 g/mol. The molecule has 0 amide bonds. The van der Waals surface area contributed by atoms with E-state index in [2.05, 4.69) is 5.32 Å². The highest BCUT2D eigenvalue weighted by molar-refractivity contribution is 5.95. The molecule has 0 fully saturated rings. The van der Waals surface area contributed by atoms with Crippen LogP contribution in [0.1, 0.15) is 12.8 Å². The number of hydrogen-bond donors (Lipinski definition) is 2. The zero-order valence-corrected chi connectivity index (χ0v) is 7.90. The van der Waals surface area contributed by atoms with Crippen molar-refractivity contribution in [2.24, 2.45) is 0 Å². The summed E-state index contributed by atoms with van der Waals surface area (Å²) in [4.78, 5) is 31.4. The lowest BCUT2D eigenvalue weighted by molar-refractivity contribution is -0.131. The second-order valence-corrected chi connectivity index (χ2v) is 2.71. The smallest absolute Gasteiger partial charge is 0.328 e. The molecule has 0 aliphatic carbocycles. The molecule has 78 valence electrons. The molecule has 0 saturated carbocycles. The van der Waals surface area contributed by atoms with Crippen LogP contribution in [0.3, 0.4) is 0 Å². The van der Waals surface area contributed by atoms with Crippen LogP contribution in [0.2, 0.25) is 0 Å². The fourth-order valence-electron chi connectivity index (χ4n) is 0.826. The third-order valence-electron chi connectivity index (χ3n) is 1.65. The Morgan fingerprint density at radius 2 is 2.07 bits per heavy atom. The van der Waals surface area contributed by atoms with Gasteiger partial charge < -0.3 is 15.2 Å². The molecular weight excluding hydrogens is 186 g/mol. The molecular formula is C9H13NO4. The predicted octanol–water partition coefficient (Wildman–Crippen LogP) is -0.237. The Morgan fingerprint density at radius 1 is 1.43 bits per heavy atom. The van der Waals surface area contributed by atoms with Gasteiger partial charge in [-0.1, -0.05) is 0 Å². The average Bonchev–Trinajstić information content (AvgIpc) is 2.16. The van der Waals surface area contributed by atoms with Crippen molar-refractivity contribution in [2.75, 3.05) is 7.05 Å². The molecule has 0 aliphatic heterocycles. The van der Waals surface area contributed by atoms with Crippen molar-refractivity contribution in [1.82, 2.24) is 5.32 Å². The molecule has 0 saturated heterocycles. The number of nitrogens with one attached hydrogen (secondary N) is 1. The Hall–Kier alpha value is -1.49. The Kier molecular flexibility index (Phi) is 6.22. The molecule has 5 heteroatoms. The van der Waals surface area contributed by atoms with Gasteiger partial charge in [-0.3, -0.25) is 4.79 Å². The first-order chi connectivity index (χ1) is 6.60. The van der Waals surface area contributed by atoms with Crippen molar-refractivity contribution in [3.05, 3.63) is 12.2 Å². The van der Waals surface area contributed by atoms with Crippen molar-refractivity contribution in [2.45, 2.75) is 18.9 Å². The van der Waals surface area contributed by atoms with Gasteiger partial charge in [-0.15, -0.1) is 0 Å². The van der Waals surface area contributed by atoms with Crippen LogP contribution in [0.4, 0.5) is 0 Å². The van der Waals surface area contributed by atoms with Crippen LogP contribution in [-0.2, 0) is 14.4 Å². The zero-order valence-electron chi connectivity index (χ0n) is 7.90. The first kappa shape index (κ1) is 12.5. The molecule has 5 nitrogen and oxygen atoms in total. The van der Waals surface area contributed by atoms with Crippen LogP contribution in [0.5, 0.6) is 0 Å². The minimum atomic E-state index is -1.15. The van der Waals surface area contributed by atoms with Crippen LogP contribution in [0.15, 0.2) is 12.2 Å². The largest absolute Gasteiger partial charge is 0.478 e. The number of hydrogen-bond acceptors (Lipinski definition) is 4. The fraction of sp³-hybridized carbons (Fsp3) is 0.444.